The van der Waals surface area contributed by atoms with Crippen LogP contribution in [0.2, 0.25) is 0 Å². The highest BCUT2D eigenvalue weighted by atomic mass is 35.5. The number of carbonyl (C=O) groups excluding carboxylic acids is 2. The van der Waals surface area contributed by atoms with Crippen LogP contribution in [0.5, 0.6) is 0 Å². The number of hydrogen-bond donors (Lipinski definition) is 4. The van der Waals surface area contributed by atoms with Crippen molar-refractivity contribution in [2.24, 2.45) is 0 Å². The number of unbranched alkanes of at least 4 members (excludes halogenated alkanes) is 3. The number of hydrogen-bond acceptors (Lipinski definition) is 13. The molecule has 0 unspecified atom stereocenters. The average Bonchev–Trinajstić information content (AvgIpc) is 3.58. The van der Waals surface area contributed by atoms with Crippen LogP contribution in [-0.4, -0.2) is 169 Å². The van der Waals surface area contributed by atoms with Gasteiger partial charge in [-0.15, -0.1) is 16.7 Å². The minimum Gasteiger partial charge on any atom is -0.465 e. The zero-order valence-corrected chi connectivity index (χ0v) is 30.6. The molecule has 0 bridgehead atoms. The molecule has 0 aliphatic rings. The van der Waals surface area contributed by atoms with E-state index in [-0.39, 0.29) is 38.0 Å². The standard InChI is InChI=1S/C32H59ClN6O12/c33-7-3-1-2-4-12-44-17-18-46-14-9-35-31(41)28-51-26-25-50-23-19-45-13-8-34-30(40)6-5-29-27-39(38-37-29)11-16-48-21-24-49-22-20-47-15-10-36-32(42)43/h27,36H,1-26,28H2,(H,34,40)(H,35,41)(H,42,43). The van der Waals surface area contributed by atoms with Gasteiger partial charge >= 0.3 is 6.09 Å². The summed E-state index contributed by atoms with van der Waals surface area (Å²) in [5, 5.41) is 24.3. The van der Waals surface area contributed by atoms with Crippen LogP contribution < -0.4 is 16.0 Å². The Kier molecular flexibility index (Phi) is 32.4. The van der Waals surface area contributed by atoms with E-state index in [1.54, 1.807) is 10.9 Å². The van der Waals surface area contributed by atoms with Gasteiger partial charge in [-0.2, -0.15) is 0 Å². The number of ether oxygens (including phenoxy) is 8. The zero-order valence-electron chi connectivity index (χ0n) is 29.8. The Morgan fingerprint density at radius 3 is 1.69 bits per heavy atom. The van der Waals surface area contributed by atoms with Crippen molar-refractivity contribution in [1.29, 1.82) is 0 Å². The first-order chi connectivity index (χ1) is 25.0. The molecule has 1 rings (SSSR count). The van der Waals surface area contributed by atoms with E-state index in [9.17, 15) is 14.4 Å². The summed E-state index contributed by atoms with van der Waals surface area (Å²) in [6.45, 7) is 7.75. The molecule has 0 saturated heterocycles. The average molecular weight is 755 g/mol. The number of carboxylic acid groups (broad SMARTS) is 1. The number of halogens is 1. The van der Waals surface area contributed by atoms with Crippen LogP contribution in [0.1, 0.15) is 37.8 Å². The fraction of sp³-hybridized carbons (Fsp3) is 0.844. The number of alkyl halides is 1. The first-order valence-corrected chi connectivity index (χ1v) is 18.1. The van der Waals surface area contributed by atoms with E-state index in [0.717, 1.165) is 32.3 Å². The molecule has 51 heavy (non-hydrogen) atoms. The molecular formula is C32H59ClN6O12. The number of nitrogens with one attached hydrogen (secondary N) is 3. The molecule has 0 radical (unpaired) electrons. The number of aromatic nitrogens is 3. The van der Waals surface area contributed by atoms with Crippen molar-refractivity contribution in [2.45, 2.75) is 45.1 Å². The minimum atomic E-state index is -1.08. The van der Waals surface area contributed by atoms with Gasteiger partial charge < -0.3 is 59.0 Å². The summed E-state index contributed by atoms with van der Waals surface area (Å²) in [7, 11) is 0. The topological polar surface area (TPSA) is 212 Å². The van der Waals surface area contributed by atoms with Crippen LogP contribution >= 0.6 is 11.6 Å². The molecule has 0 spiro atoms. The molecule has 1 heterocycles. The predicted octanol–water partition coefficient (Wildman–Crippen LogP) is 0.643. The largest absolute Gasteiger partial charge is 0.465 e. The van der Waals surface area contributed by atoms with Crippen LogP contribution in [0.15, 0.2) is 6.20 Å². The van der Waals surface area contributed by atoms with Crippen LogP contribution in [-0.2, 0) is 60.4 Å². The maximum absolute atomic E-state index is 12.1. The van der Waals surface area contributed by atoms with E-state index in [0.29, 0.717) is 124 Å². The molecule has 18 nitrogen and oxygen atoms in total. The molecule has 0 aliphatic heterocycles. The van der Waals surface area contributed by atoms with Crippen LogP contribution in [0, 0.1) is 0 Å². The fourth-order valence-corrected chi connectivity index (χ4v) is 4.17. The number of nitrogens with zero attached hydrogens (tertiary/aromatic N) is 3. The van der Waals surface area contributed by atoms with Crippen molar-refractivity contribution in [3.8, 4) is 0 Å². The molecule has 0 atom stereocenters. The Morgan fingerprint density at radius 1 is 0.608 bits per heavy atom. The quantitative estimate of drug-likeness (QED) is 0.0540. The molecular weight excluding hydrogens is 696 g/mol. The van der Waals surface area contributed by atoms with Gasteiger partial charge in [-0.25, -0.2) is 9.48 Å². The lowest BCUT2D eigenvalue weighted by atomic mass is 10.2. The zero-order chi connectivity index (χ0) is 36.9. The lowest BCUT2D eigenvalue weighted by Gasteiger charge is -2.09. The number of carbonyl (C=O) groups is 3. The smallest absolute Gasteiger partial charge is 0.404 e. The number of rotatable bonds is 38. The van der Waals surface area contributed by atoms with Gasteiger partial charge in [0.25, 0.3) is 0 Å². The Balaban J connectivity index is 1.82. The Hall–Kier alpha value is -2.68. The fourth-order valence-electron chi connectivity index (χ4n) is 3.98. The van der Waals surface area contributed by atoms with Crippen molar-refractivity contribution in [3.63, 3.8) is 0 Å². The SMILES string of the molecule is O=C(O)NCCOCCOCCOCCn1cc(CCC(=O)NCCOCCOCCOCC(=O)NCCOCCOCCCCCCCl)nn1. The van der Waals surface area contributed by atoms with E-state index in [1.807, 2.05) is 0 Å². The summed E-state index contributed by atoms with van der Waals surface area (Å²) in [6.07, 6.45) is 5.80. The monoisotopic (exact) mass is 754 g/mol. The van der Waals surface area contributed by atoms with Crippen molar-refractivity contribution in [1.82, 2.24) is 30.9 Å². The second-order valence-corrected chi connectivity index (χ2v) is 11.2. The van der Waals surface area contributed by atoms with Gasteiger partial charge in [0.1, 0.15) is 6.61 Å². The third-order valence-corrected chi connectivity index (χ3v) is 6.85. The third kappa shape index (κ3) is 32.9. The second kappa shape index (κ2) is 35.7. The van der Waals surface area contributed by atoms with Crippen molar-refractivity contribution >= 4 is 29.5 Å². The van der Waals surface area contributed by atoms with E-state index in [1.165, 1.54) is 0 Å². The van der Waals surface area contributed by atoms with Gasteiger partial charge in [0, 0.05) is 51.2 Å². The molecule has 3 amide bonds. The van der Waals surface area contributed by atoms with Crippen LogP contribution in [0.25, 0.3) is 0 Å². The summed E-state index contributed by atoms with van der Waals surface area (Å²) in [5.41, 5.74) is 0.715. The molecule has 1 aromatic heterocycles. The normalized spacial score (nSPS) is 11.2. The Morgan fingerprint density at radius 2 is 1.10 bits per heavy atom. The van der Waals surface area contributed by atoms with E-state index in [2.05, 4.69) is 26.3 Å². The van der Waals surface area contributed by atoms with Gasteiger partial charge in [-0.05, 0) is 12.8 Å². The van der Waals surface area contributed by atoms with Gasteiger partial charge in [0.05, 0.1) is 105 Å². The summed E-state index contributed by atoms with van der Waals surface area (Å²) < 4.78 is 44.9. The maximum atomic E-state index is 12.1. The second-order valence-electron chi connectivity index (χ2n) is 10.8. The van der Waals surface area contributed by atoms with Gasteiger partial charge in [-0.3, -0.25) is 9.59 Å². The molecule has 0 saturated carbocycles. The van der Waals surface area contributed by atoms with Gasteiger partial charge in [-0.1, -0.05) is 18.1 Å². The summed E-state index contributed by atoms with van der Waals surface area (Å²) in [5.74, 6) is 0.399. The molecule has 0 aromatic carbocycles. The first-order valence-electron chi connectivity index (χ1n) is 17.6. The summed E-state index contributed by atoms with van der Waals surface area (Å²) >= 11 is 5.65. The maximum Gasteiger partial charge on any atom is 0.404 e. The van der Waals surface area contributed by atoms with Gasteiger partial charge in [0.15, 0.2) is 0 Å². The van der Waals surface area contributed by atoms with E-state index >= 15 is 0 Å². The van der Waals surface area contributed by atoms with E-state index in [4.69, 9.17) is 54.6 Å². The third-order valence-electron chi connectivity index (χ3n) is 6.58. The van der Waals surface area contributed by atoms with Crippen LogP contribution in [0.4, 0.5) is 4.79 Å². The summed E-state index contributed by atoms with van der Waals surface area (Å²) in [6, 6.07) is 0. The minimum absolute atomic E-state index is 0.0465. The predicted molar refractivity (Wildman–Crippen MR) is 186 cm³/mol. The molecule has 1 aromatic rings. The van der Waals surface area contributed by atoms with Crippen molar-refractivity contribution < 1.29 is 57.4 Å². The van der Waals surface area contributed by atoms with E-state index < -0.39 is 6.09 Å². The highest BCUT2D eigenvalue weighted by Gasteiger charge is 2.06. The summed E-state index contributed by atoms with van der Waals surface area (Å²) in [4.78, 5) is 34.2. The Bertz CT molecular complexity index is 981. The lowest BCUT2D eigenvalue weighted by Crippen LogP contribution is -2.31. The molecule has 0 aliphatic carbocycles. The highest BCUT2D eigenvalue weighted by molar-refractivity contribution is 6.17. The first kappa shape index (κ1) is 46.3. The van der Waals surface area contributed by atoms with Gasteiger partial charge in [0.2, 0.25) is 11.8 Å². The van der Waals surface area contributed by atoms with Crippen molar-refractivity contribution in [3.05, 3.63) is 11.9 Å². The highest BCUT2D eigenvalue weighted by Crippen LogP contribution is 2.01. The molecule has 296 valence electrons. The molecule has 19 heteroatoms. The number of amides is 3. The van der Waals surface area contributed by atoms with Crippen molar-refractivity contribution in [2.75, 3.05) is 131 Å². The van der Waals surface area contributed by atoms with Crippen LogP contribution in [0.3, 0.4) is 0 Å². The molecule has 0 fully saturated rings. The lowest BCUT2D eigenvalue weighted by molar-refractivity contribution is -0.126. The molecule has 4 N–H and O–H groups in total. The number of aryl methyl sites for hydroxylation is 1. The Labute approximate surface area is 305 Å².